The number of anilines is 4. The second-order valence-corrected chi connectivity index (χ2v) is 12.1. The van der Waals surface area contributed by atoms with Crippen LogP contribution in [0.25, 0.3) is 0 Å². The van der Waals surface area contributed by atoms with E-state index < -0.39 is 32.8 Å². The minimum absolute atomic E-state index is 0.000756. The van der Waals surface area contributed by atoms with E-state index in [1.54, 1.807) is 24.2 Å². The number of benzene rings is 2. The predicted molar refractivity (Wildman–Crippen MR) is 148 cm³/mol. The summed E-state index contributed by atoms with van der Waals surface area (Å²) < 4.78 is 54.1. The van der Waals surface area contributed by atoms with E-state index in [2.05, 4.69) is 20.5 Å². The lowest BCUT2D eigenvalue weighted by molar-refractivity contribution is -0.117. The van der Waals surface area contributed by atoms with Crippen molar-refractivity contribution in [3.63, 3.8) is 0 Å². The van der Waals surface area contributed by atoms with Gasteiger partial charge in [0, 0.05) is 73.2 Å². The van der Waals surface area contributed by atoms with Crippen LogP contribution < -0.4 is 21.3 Å². The van der Waals surface area contributed by atoms with Gasteiger partial charge in [-0.1, -0.05) is 12.1 Å². The van der Waals surface area contributed by atoms with Crippen molar-refractivity contribution in [3.05, 3.63) is 77.5 Å². The van der Waals surface area contributed by atoms with Gasteiger partial charge < -0.3 is 21.3 Å². The number of amides is 1. The van der Waals surface area contributed by atoms with Crippen LogP contribution in [0.3, 0.4) is 0 Å². The first-order chi connectivity index (χ1) is 18.5. The van der Waals surface area contributed by atoms with Gasteiger partial charge in [0.2, 0.25) is 15.9 Å². The molecule has 39 heavy (non-hydrogen) atoms. The number of primary amides is 1. The molecule has 0 unspecified atom stereocenters. The normalized spacial score (nSPS) is 14.4. The Morgan fingerprint density at radius 2 is 1.74 bits per heavy atom. The summed E-state index contributed by atoms with van der Waals surface area (Å²) in [5.41, 5.74) is 8.29. The van der Waals surface area contributed by atoms with Gasteiger partial charge in [-0.3, -0.25) is 4.79 Å². The molecule has 0 spiro atoms. The third kappa shape index (κ3) is 6.82. The standard InChI is InChI=1S/C27H32F2N6O3S/c1-18(2)39(37,38)35-12-10-34(11-13-35)22-8-6-21(7-9-22)33-26-15-24(20(17-32-26)14-25(30)36)31-16-19-4-3-5-23(28)27(19)29/h3-9,15,17-18H,10-14,16H2,1-2H3,(H2,30,36)(H2,31,32,33). The molecule has 2 heterocycles. The molecule has 1 saturated heterocycles. The highest BCUT2D eigenvalue weighted by molar-refractivity contribution is 7.89. The topological polar surface area (TPSA) is 121 Å². The average molecular weight is 559 g/mol. The summed E-state index contributed by atoms with van der Waals surface area (Å²) in [5.74, 6) is -1.94. The van der Waals surface area contributed by atoms with Gasteiger partial charge >= 0.3 is 0 Å². The van der Waals surface area contributed by atoms with E-state index >= 15 is 0 Å². The summed E-state index contributed by atoms with van der Waals surface area (Å²) >= 11 is 0. The molecular weight excluding hydrogens is 526 g/mol. The van der Waals surface area contributed by atoms with Crippen molar-refractivity contribution in [2.75, 3.05) is 41.7 Å². The molecule has 4 N–H and O–H groups in total. The molecule has 1 fully saturated rings. The van der Waals surface area contributed by atoms with E-state index in [1.165, 1.54) is 18.3 Å². The molecule has 0 radical (unpaired) electrons. The number of halogens is 2. The molecule has 0 saturated carbocycles. The maximum Gasteiger partial charge on any atom is 0.221 e. The van der Waals surface area contributed by atoms with Gasteiger partial charge in [0.25, 0.3) is 0 Å². The fourth-order valence-electron chi connectivity index (χ4n) is 4.32. The van der Waals surface area contributed by atoms with Crippen LogP contribution in [0.5, 0.6) is 0 Å². The van der Waals surface area contributed by atoms with Crippen molar-refractivity contribution in [2.45, 2.75) is 32.1 Å². The number of carbonyl (C=O) groups is 1. The fraction of sp³-hybridized carbons (Fsp3) is 0.333. The molecule has 2 aromatic carbocycles. The van der Waals surface area contributed by atoms with Crippen LogP contribution in [0.2, 0.25) is 0 Å². The van der Waals surface area contributed by atoms with Crippen molar-refractivity contribution in [2.24, 2.45) is 5.73 Å². The number of nitrogens with one attached hydrogen (secondary N) is 2. The van der Waals surface area contributed by atoms with Crippen LogP contribution in [0.4, 0.5) is 31.7 Å². The number of hydrogen-bond donors (Lipinski definition) is 3. The van der Waals surface area contributed by atoms with Crippen LogP contribution in [0.1, 0.15) is 25.0 Å². The van der Waals surface area contributed by atoms with E-state index in [9.17, 15) is 22.0 Å². The Morgan fingerprint density at radius 3 is 2.38 bits per heavy atom. The van der Waals surface area contributed by atoms with Gasteiger partial charge in [-0.15, -0.1) is 0 Å². The van der Waals surface area contributed by atoms with E-state index in [0.717, 1.165) is 17.4 Å². The summed E-state index contributed by atoms with van der Waals surface area (Å²) in [6.07, 6.45) is 1.44. The van der Waals surface area contributed by atoms with Gasteiger partial charge in [0.15, 0.2) is 11.6 Å². The number of hydrogen-bond acceptors (Lipinski definition) is 7. The number of pyridine rings is 1. The summed E-state index contributed by atoms with van der Waals surface area (Å²) in [7, 11) is -3.26. The first-order valence-corrected chi connectivity index (χ1v) is 14.1. The number of sulfonamides is 1. The lowest BCUT2D eigenvalue weighted by atomic mass is 10.1. The largest absolute Gasteiger partial charge is 0.380 e. The molecule has 12 heteroatoms. The Morgan fingerprint density at radius 1 is 1.05 bits per heavy atom. The predicted octanol–water partition coefficient (Wildman–Crippen LogP) is 3.60. The summed E-state index contributed by atoms with van der Waals surface area (Å²) in [6, 6.07) is 13.3. The number of aromatic nitrogens is 1. The van der Waals surface area contributed by atoms with Gasteiger partial charge in [-0.2, -0.15) is 4.31 Å². The van der Waals surface area contributed by atoms with Gasteiger partial charge in [-0.05, 0) is 44.2 Å². The second-order valence-electron chi connectivity index (χ2n) is 9.59. The van der Waals surface area contributed by atoms with Crippen molar-refractivity contribution in [1.82, 2.24) is 9.29 Å². The molecule has 1 aromatic heterocycles. The third-order valence-electron chi connectivity index (χ3n) is 6.55. The van der Waals surface area contributed by atoms with Crippen molar-refractivity contribution in [3.8, 4) is 0 Å². The Kier molecular flexibility index (Phi) is 8.66. The lowest BCUT2D eigenvalue weighted by Crippen LogP contribution is -2.50. The van der Waals surface area contributed by atoms with Gasteiger partial charge in [-0.25, -0.2) is 22.2 Å². The minimum Gasteiger partial charge on any atom is -0.380 e. The molecule has 4 rings (SSSR count). The second kappa shape index (κ2) is 12.0. The third-order valence-corrected chi connectivity index (χ3v) is 8.83. The van der Waals surface area contributed by atoms with E-state index in [4.69, 9.17) is 5.73 Å². The van der Waals surface area contributed by atoms with Crippen LogP contribution >= 0.6 is 0 Å². The molecule has 0 aliphatic carbocycles. The molecule has 1 amide bonds. The van der Waals surface area contributed by atoms with Crippen LogP contribution in [0.15, 0.2) is 54.7 Å². The maximum absolute atomic E-state index is 14.1. The SMILES string of the molecule is CC(C)S(=O)(=O)N1CCN(c2ccc(Nc3cc(NCc4cccc(F)c4F)c(CC(N)=O)cn3)cc2)CC1. The Hall–Kier alpha value is -3.77. The Bertz CT molecular complexity index is 1430. The smallest absolute Gasteiger partial charge is 0.221 e. The average Bonchev–Trinajstić information content (AvgIpc) is 2.91. The molecule has 0 atom stereocenters. The Labute approximate surface area is 227 Å². The quantitative estimate of drug-likeness (QED) is 0.348. The van der Waals surface area contributed by atoms with E-state index in [0.29, 0.717) is 43.2 Å². The molecule has 0 bridgehead atoms. The van der Waals surface area contributed by atoms with Crippen LogP contribution in [0, 0.1) is 11.6 Å². The summed E-state index contributed by atoms with van der Waals surface area (Å²) in [6.45, 7) is 5.47. The maximum atomic E-state index is 14.1. The lowest BCUT2D eigenvalue weighted by Gasteiger charge is -2.36. The highest BCUT2D eigenvalue weighted by Gasteiger charge is 2.29. The molecule has 9 nitrogen and oxygen atoms in total. The van der Waals surface area contributed by atoms with Gasteiger partial charge in [0.05, 0.1) is 11.7 Å². The van der Waals surface area contributed by atoms with Crippen LogP contribution in [-0.4, -0.2) is 55.0 Å². The highest BCUT2D eigenvalue weighted by atomic mass is 32.2. The first-order valence-electron chi connectivity index (χ1n) is 12.6. The van der Waals surface area contributed by atoms with Crippen LogP contribution in [-0.2, 0) is 27.8 Å². The minimum atomic E-state index is -3.26. The van der Waals surface area contributed by atoms with Crippen molar-refractivity contribution >= 4 is 38.8 Å². The number of carbonyl (C=O) groups excluding carboxylic acids is 1. The van der Waals surface area contributed by atoms with Crippen molar-refractivity contribution < 1.29 is 22.0 Å². The zero-order valence-electron chi connectivity index (χ0n) is 21.8. The van der Waals surface area contributed by atoms with E-state index in [1.807, 2.05) is 24.3 Å². The number of piperazine rings is 1. The zero-order chi connectivity index (χ0) is 28.2. The molecular formula is C27H32F2N6O3S. The van der Waals surface area contributed by atoms with Crippen molar-refractivity contribution in [1.29, 1.82) is 0 Å². The Balaban J connectivity index is 1.43. The zero-order valence-corrected chi connectivity index (χ0v) is 22.6. The number of nitrogens with zero attached hydrogens (tertiary/aromatic N) is 3. The monoisotopic (exact) mass is 558 g/mol. The molecule has 1 aliphatic heterocycles. The summed E-state index contributed by atoms with van der Waals surface area (Å²) in [4.78, 5) is 18.0. The van der Waals surface area contributed by atoms with Gasteiger partial charge in [0.1, 0.15) is 5.82 Å². The molecule has 208 valence electrons. The number of rotatable bonds is 10. The summed E-state index contributed by atoms with van der Waals surface area (Å²) in [5, 5.41) is 5.82. The fourth-order valence-corrected chi connectivity index (χ4v) is 5.59. The van der Waals surface area contributed by atoms with E-state index in [-0.39, 0.29) is 18.5 Å². The highest BCUT2D eigenvalue weighted by Crippen LogP contribution is 2.26. The molecule has 1 aliphatic rings. The molecule has 3 aromatic rings. The first kappa shape index (κ1) is 28.2. The number of nitrogens with two attached hydrogens (primary N) is 1.